The number of likely N-dealkylation sites (N-methyl/N-ethyl adjacent to an activating group) is 1. The monoisotopic (exact) mass is 502 g/mol. The molecule has 1 saturated heterocycles. The van der Waals surface area contributed by atoms with Crippen molar-refractivity contribution in [3.05, 3.63) is 29.8 Å². The summed E-state index contributed by atoms with van der Waals surface area (Å²) in [5.74, 6) is 1.04. The molecule has 2 unspecified atom stereocenters. The Bertz CT molecular complexity index is 907. The van der Waals surface area contributed by atoms with Gasteiger partial charge in [0, 0.05) is 30.7 Å². The number of carbonyl (C=O) groups is 1. The summed E-state index contributed by atoms with van der Waals surface area (Å²) >= 11 is 0. The van der Waals surface area contributed by atoms with Crippen molar-refractivity contribution in [2.45, 2.75) is 71.4 Å². The van der Waals surface area contributed by atoms with Crippen LogP contribution in [0.15, 0.2) is 24.3 Å². The molecular formula is C28H46N4O4. The standard InChI is InChI=1S/C28H46N4O4/c1-17-22-13-20(28(22,3)4)14-23(17)30-27(35)26-25(18(2)34)24(16-33)36-32(26)15-19-8-7-9-21(12-19)29-10-11-31(5)6/h7-9,12,17-18,20,22-26,29,33-34H,10-11,13-16H2,1-6H3,(H,30,35)/t17?,18-,20+,22?,23-,24-,25+,26-/m0/s1. The fourth-order valence-electron chi connectivity index (χ4n) is 6.87. The summed E-state index contributed by atoms with van der Waals surface area (Å²) in [6.07, 6.45) is 0.824. The third-order valence-corrected chi connectivity index (χ3v) is 9.22. The van der Waals surface area contributed by atoms with Crippen LogP contribution in [0.2, 0.25) is 0 Å². The number of hydrogen-bond donors (Lipinski definition) is 4. The van der Waals surface area contributed by atoms with E-state index in [1.807, 2.05) is 32.3 Å². The van der Waals surface area contributed by atoms with Gasteiger partial charge >= 0.3 is 0 Å². The largest absolute Gasteiger partial charge is 0.394 e. The van der Waals surface area contributed by atoms with Gasteiger partial charge < -0.3 is 25.7 Å². The molecule has 1 amide bonds. The number of benzene rings is 1. The first-order chi connectivity index (χ1) is 17.0. The number of amides is 1. The summed E-state index contributed by atoms with van der Waals surface area (Å²) in [4.78, 5) is 22.0. The van der Waals surface area contributed by atoms with Crippen LogP contribution < -0.4 is 10.6 Å². The molecule has 1 aromatic carbocycles. The van der Waals surface area contributed by atoms with Crippen LogP contribution in [0.4, 0.5) is 5.69 Å². The van der Waals surface area contributed by atoms with Crippen molar-refractivity contribution in [1.82, 2.24) is 15.3 Å². The van der Waals surface area contributed by atoms with E-state index in [9.17, 15) is 15.0 Å². The van der Waals surface area contributed by atoms with E-state index >= 15 is 0 Å². The molecule has 0 spiro atoms. The van der Waals surface area contributed by atoms with E-state index in [0.29, 0.717) is 29.7 Å². The fourth-order valence-corrected chi connectivity index (χ4v) is 6.87. The SMILES string of the molecule is CC1C2C[C@H](C[C@@H]1NC(=O)[C@@H]1[C@H]([C@H](C)O)[C@H](CO)ON1Cc1cccc(NCCN(C)C)c1)C2(C)C. The van der Waals surface area contributed by atoms with Crippen molar-refractivity contribution in [1.29, 1.82) is 0 Å². The van der Waals surface area contributed by atoms with E-state index in [1.165, 1.54) is 6.42 Å². The summed E-state index contributed by atoms with van der Waals surface area (Å²) in [6.45, 7) is 10.5. The van der Waals surface area contributed by atoms with Gasteiger partial charge in [0.05, 0.1) is 19.3 Å². The van der Waals surface area contributed by atoms with Crippen molar-refractivity contribution >= 4 is 11.6 Å². The molecule has 8 heteroatoms. The average molecular weight is 503 g/mol. The zero-order chi connectivity index (χ0) is 26.2. The molecule has 36 heavy (non-hydrogen) atoms. The molecule has 2 bridgehead atoms. The molecule has 3 aliphatic carbocycles. The Hall–Kier alpha value is -1.71. The van der Waals surface area contributed by atoms with Gasteiger partial charge in [-0.2, -0.15) is 5.06 Å². The van der Waals surface area contributed by atoms with Crippen LogP contribution in [0.3, 0.4) is 0 Å². The molecule has 4 fully saturated rings. The normalized spacial score (nSPS) is 34.3. The first kappa shape index (κ1) is 27.3. The maximum Gasteiger partial charge on any atom is 0.240 e. The molecule has 3 saturated carbocycles. The first-order valence-corrected chi connectivity index (χ1v) is 13.5. The second-order valence-corrected chi connectivity index (χ2v) is 12.2. The number of aliphatic hydroxyl groups excluding tert-OH is 2. The smallest absolute Gasteiger partial charge is 0.240 e. The Labute approximate surface area is 216 Å². The van der Waals surface area contributed by atoms with Crippen LogP contribution >= 0.6 is 0 Å². The van der Waals surface area contributed by atoms with Crippen LogP contribution in [0.25, 0.3) is 0 Å². The molecule has 4 N–H and O–H groups in total. The summed E-state index contributed by atoms with van der Waals surface area (Å²) < 4.78 is 0. The zero-order valence-corrected chi connectivity index (χ0v) is 22.8. The van der Waals surface area contributed by atoms with Crippen molar-refractivity contribution in [2.24, 2.45) is 29.1 Å². The van der Waals surface area contributed by atoms with E-state index in [4.69, 9.17) is 4.84 Å². The highest BCUT2D eigenvalue weighted by atomic mass is 16.7. The summed E-state index contributed by atoms with van der Waals surface area (Å²) in [7, 11) is 4.09. The lowest BCUT2D eigenvalue weighted by Gasteiger charge is -2.62. The number of anilines is 1. The molecule has 5 rings (SSSR count). The highest BCUT2D eigenvalue weighted by molar-refractivity contribution is 5.82. The van der Waals surface area contributed by atoms with E-state index in [1.54, 1.807) is 12.0 Å². The summed E-state index contributed by atoms with van der Waals surface area (Å²) in [6, 6.07) is 7.55. The summed E-state index contributed by atoms with van der Waals surface area (Å²) in [5.41, 5.74) is 2.36. The quantitative estimate of drug-likeness (QED) is 0.390. The van der Waals surface area contributed by atoms with Gasteiger partial charge in [-0.15, -0.1) is 0 Å². The van der Waals surface area contributed by atoms with E-state index in [2.05, 4.69) is 42.4 Å². The van der Waals surface area contributed by atoms with Crippen molar-refractivity contribution in [3.8, 4) is 0 Å². The van der Waals surface area contributed by atoms with E-state index in [-0.39, 0.29) is 18.6 Å². The number of nitrogens with zero attached hydrogens (tertiary/aromatic N) is 2. The van der Waals surface area contributed by atoms with Crippen LogP contribution in [0.1, 0.15) is 46.1 Å². The number of hydrogen-bond acceptors (Lipinski definition) is 7. The maximum atomic E-state index is 13.7. The predicted molar refractivity (Wildman–Crippen MR) is 141 cm³/mol. The van der Waals surface area contributed by atoms with Gasteiger partial charge in [-0.3, -0.25) is 9.63 Å². The Morgan fingerprint density at radius 3 is 2.67 bits per heavy atom. The van der Waals surface area contributed by atoms with E-state index < -0.39 is 24.2 Å². The molecule has 1 aromatic rings. The third-order valence-electron chi connectivity index (χ3n) is 9.22. The number of rotatable bonds is 10. The highest BCUT2D eigenvalue weighted by Crippen LogP contribution is 2.61. The van der Waals surface area contributed by atoms with Gasteiger partial charge in [0.1, 0.15) is 12.1 Å². The van der Waals surface area contributed by atoms with Crippen LogP contribution in [-0.4, -0.2) is 84.2 Å². The molecule has 202 valence electrons. The van der Waals surface area contributed by atoms with Crippen molar-refractivity contribution in [3.63, 3.8) is 0 Å². The molecular weight excluding hydrogens is 456 g/mol. The molecule has 8 atom stereocenters. The minimum Gasteiger partial charge on any atom is -0.394 e. The van der Waals surface area contributed by atoms with Gasteiger partial charge in [0.25, 0.3) is 0 Å². The minimum atomic E-state index is -0.793. The Balaban J connectivity index is 1.48. The molecule has 1 heterocycles. The molecule has 0 radical (unpaired) electrons. The number of hydroxylamine groups is 2. The van der Waals surface area contributed by atoms with Crippen molar-refractivity contribution in [2.75, 3.05) is 39.1 Å². The van der Waals surface area contributed by atoms with Gasteiger partial charge in [-0.1, -0.05) is 32.9 Å². The lowest BCUT2D eigenvalue weighted by atomic mass is 9.45. The van der Waals surface area contributed by atoms with Gasteiger partial charge in [-0.25, -0.2) is 0 Å². The van der Waals surface area contributed by atoms with Gasteiger partial charge in [0.2, 0.25) is 5.91 Å². The summed E-state index contributed by atoms with van der Waals surface area (Å²) in [5, 5.41) is 29.1. The lowest BCUT2D eigenvalue weighted by Crippen LogP contribution is -2.62. The second-order valence-electron chi connectivity index (χ2n) is 12.2. The Morgan fingerprint density at radius 1 is 1.31 bits per heavy atom. The third kappa shape index (κ3) is 5.43. The molecule has 8 nitrogen and oxygen atoms in total. The van der Waals surface area contributed by atoms with Crippen LogP contribution in [-0.2, 0) is 16.2 Å². The van der Waals surface area contributed by atoms with Gasteiger partial charge in [-0.05, 0) is 74.7 Å². The van der Waals surface area contributed by atoms with Crippen LogP contribution in [0, 0.1) is 29.1 Å². The van der Waals surface area contributed by atoms with E-state index in [0.717, 1.165) is 30.8 Å². The molecule has 0 aromatic heterocycles. The number of fused-ring (bicyclic) bond motifs is 2. The van der Waals surface area contributed by atoms with Gasteiger partial charge in [0.15, 0.2) is 0 Å². The lowest BCUT2D eigenvalue weighted by molar-refractivity contribution is -0.183. The zero-order valence-electron chi connectivity index (χ0n) is 22.8. The molecule has 4 aliphatic rings. The Morgan fingerprint density at radius 2 is 2.06 bits per heavy atom. The minimum absolute atomic E-state index is 0.118. The number of carbonyl (C=O) groups excluding carboxylic acids is 1. The predicted octanol–water partition coefficient (Wildman–Crippen LogP) is 2.32. The van der Waals surface area contributed by atoms with Crippen molar-refractivity contribution < 1.29 is 19.8 Å². The highest BCUT2D eigenvalue weighted by Gasteiger charge is 2.57. The topological polar surface area (TPSA) is 97.3 Å². The Kier molecular flexibility index (Phi) is 8.32. The first-order valence-electron chi connectivity index (χ1n) is 13.5. The number of aliphatic hydroxyl groups is 2. The van der Waals surface area contributed by atoms with Crippen LogP contribution in [0.5, 0.6) is 0 Å². The average Bonchev–Trinajstić information content (AvgIpc) is 3.18. The fraction of sp³-hybridized carbons (Fsp3) is 0.750. The number of nitrogens with one attached hydrogen (secondary N) is 2. The molecule has 1 aliphatic heterocycles. The maximum absolute atomic E-state index is 13.7. The second kappa shape index (κ2) is 11.0.